The van der Waals surface area contributed by atoms with Gasteiger partial charge in [-0.05, 0) is 60.7 Å². The molecule has 1 saturated heterocycles. The molecule has 3 N–H and O–H groups in total. The van der Waals surface area contributed by atoms with Crippen LogP contribution in [0.25, 0.3) is 10.9 Å². The fourth-order valence-electron chi connectivity index (χ4n) is 5.22. The fourth-order valence-corrected chi connectivity index (χ4v) is 5.22. The van der Waals surface area contributed by atoms with Crippen LogP contribution in [0.4, 0.5) is 18.9 Å². The third-order valence-corrected chi connectivity index (χ3v) is 7.88. The lowest BCUT2D eigenvalue weighted by Crippen LogP contribution is -2.48. The van der Waals surface area contributed by atoms with Gasteiger partial charge in [-0.25, -0.2) is 14.6 Å². The lowest BCUT2D eigenvalue weighted by Gasteiger charge is -2.34. The highest BCUT2D eigenvalue weighted by Crippen LogP contribution is 2.30. The van der Waals surface area contributed by atoms with Crippen LogP contribution < -0.4 is 10.1 Å². The van der Waals surface area contributed by atoms with E-state index in [9.17, 15) is 22.8 Å². The van der Waals surface area contributed by atoms with Gasteiger partial charge in [0.1, 0.15) is 11.4 Å². The molecule has 51 heavy (non-hydrogen) atoms. The Balaban J connectivity index is 0.000000774. The molecule has 2 amide bonds. The quantitative estimate of drug-likeness (QED) is 0.193. The molecule has 0 radical (unpaired) electrons. The van der Waals surface area contributed by atoms with Gasteiger partial charge < -0.3 is 29.7 Å². The molecule has 0 saturated carbocycles. The second-order valence-electron chi connectivity index (χ2n) is 11.3. The number of piperazine rings is 1. The number of ether oxygens (including phenoxy) is 1. The summed E-state index contributed by atoms with van der Waals surface area (Å²) >= 11 is 0. The minimum atomic E-state index is -4.48. The Morgan fingerprint density at radius 3 is 2.16 bits per heavy atom. The van der Waals surface area contributed by atoms with E-state index in [0.717, 1.165) is 60.5 Å². The van der Waals surface area contributed by atoms with E-state index >= 15 is 0 Å². The number of carbonyl (C=O) groups is 4. The number of halogens is 3. The van der Waals surface area contributed by atoms with Crippen molar-refractivity contribution in [2.45, 2.75) is 12.7 Å². The lowest BCUT2D eigenvalue weighted by atomic mass is 10.1. The van der Waals surface area contributed by atoms with Crippen molar-refractivity contribution in [3.63, 3.8) is 0 Å². The highest BCUT2D eigenvalue weighted by atomic mass is 19.4. The number of alkyl halides is 3. The van der Waals surface area contributed by atoms with Crippen molar-refractivity contribution in [2.75, 3.05) is 31.5 Å². The SMILES string of the molecule is Cn1c(C(=O)N2CCN(Cc3ccccn3)CC2)cc2ccc(Oc3ccc(NC(=O)c4ccc(C(F)(F)F)cc4)cn3)cc21.O=C(O)C(=O)O. The van der Waals surface area contributed by atoms with Crippen LogP contribution in [0, 0.1) is 0 Å². The lowest BCUT2D eigenvalue weighted by molar-refractivity contribution is -0.159. The zero-order valence-electron chi connectivity index (χ0n) is 27.0. The van der Waals surface area contributed by atoms with Crippen molar-refractivity contribution in [1.29, 1.82) is 0 Å². The predicted octanol–water partition coefficient (Wildman–Crippen LogP) is 5.15. The van der Waals surface area contributed by atoms with Crippen LogP contribution in [-0.4, -0.2) is 84.5 Å². The smallest absolute Gasteiger partial charge is 0.416 e. The highest BCUT2D eigenvalue weighted by Gasteiger charge is 2.30. The molecule has 5 aromatic rings. The monoisotopic (exact) mass is 704 g/mol. The first-order valence-corrected chi connectivity index (χ1v) is 15.4. The number of aliphatic carboxylic acids is 2. The Morgan fingerprint density at radius 1 is 0.863 bits per heavy atom. The Bertz CT molecular complexity index is 2020. The summed E-state index contributed by atoms with van der Waals surface area (Å²) in [4.78, 5) is 56.9. The first-order chi connectivity index (χ1) is 24.3. The third-order valence-electron chi connectivity index (χ3n) is 7.88. The van der Waals surface area contributed by atoms with E-state index in [-0.39, 0.29) is 17.4 Å². The normalized spacial score (nSPS) is 13.2. The molecule has 0 bridgehead atoms. The minimum absolute atomic E-state index is 0.0238. The Morgan fingerprint density at radius 2 is 1.57 bits per heavy atom. The zero-order chi connectivity index (χ0) is 36.7. The number of amides is 2. The van der Waals surface area contributed by atoms with Gasteiger partial charge in [0.15, 0.2) is 0 Å². The Kier molecular flexibility index (Phi) is 10.9. The number of nitrogens with zero attached hydrogens (tertiary/aromatic N) is 5. The number of pyridine rings is 2. The number of hydrogen-bond donors (Lipinski definition) is 3. The van der Waals surface area contributed by atoms with E-state index in [4.69, 9.17) is 24.5 Å². The van der Waals surface area contributed by atoms with Crippen molar-refractivity contribution >= 4 is 40.3 Å². The van der Waals surface area contributed by atoms with Gasteiger partial charge >= 0.3 is 18.1 Å². The number of fused-ring (bicyclic) bond motifs is 1. The number of carboxylic acid groups (broad SMARTS) is 2. The van der Waals surface area contributed by atoms with Gasteiger partial charge in [-0.3, -0.25) is 19.5 Å². The van der Waals surface area contributed by atoms with Crippen molar-refractivity contribution in [3.8, 4) is 11.6 Å². The topological polar surface area (TPSA) is 167 Å². The molecule has 0 unspecified atom stereocenters. The first kappa shape index (κ1) is 36.0. The van der Waals surface area contributed by atoms with Crippen LogP contribution in [0.5, 0.6) is 11.6 Å². The number of benzene rings is 2. The second-order valence-corrected chi connectivity index (χ2v) is 11.3. The molecule has 0 spiro atoms. The molecule has 264 valence electrons. The predicted molar refractivity (Wildman–Crippen MR) is 177 cm³/mol. The summed E-state index contributed by atoms with van der Waals surface area (Å²) in [5.41, 5.74) is 2.03. The number of carboxylic acids is 2. The van der Waals surface area contributed by atoms with Gasteiger partial charge in [-0.2, -0.15) is 13.2 Å². The van der Waals surface area contributed by atoms with E-state index in [1.165, 1.54) is 6.20 Å². The van der Waals surface area contributed by atoms with Crippen molar-refractivity contribution in [3.05, 3.63) is 114 Å². The van der Waals surface area contributed by atoms with Crippen molar-refractivity contribution in [1.82, 2.24) is 24.3 Å². The standard InChI is InChI=1S/C33H29F3N6O3.C2H2O4/c1-40-28-19-27(45-30-12-10-25(20-38-30)39-31(43)22-5-8-24(9-6-22)33(34,35)36)11-7-23(28)18-29(40)32(44)42-16-14-41(15-17-42)21-26-4-2-3-13-37-26;3-1(4)2(5)6/h2-13,18-20H,14-17,21H2,1H3,(H,39,43);(H,3,4)(H,5,6). The van der Waals surface area contributed by atoms with Gasteiger partial charge in [0.25, 0.3) is 11.8 Å². The van der Waals surface area contributed by atoms with Gasteiger partial charge in [-0.15, -0.1) is 0 Å². The van der Waals surface area contributed by atoms with Gasteiger partial charge in [-0.1, -0.05) is 6.07 Å². The molecule has 1 aliphatic rings. The number of anilines is 1. The third kappa shape index (κ3) is 9.24. The maximum atomic E-state index is 13.4. The molecule has 1 fully saturated rings. The number of rotatable bonds is 7. The summed E-state index contributed by atoms with van der Waals surface area (Å²) in [5.74, 6) is -3.45. The molecule has 6 rings (SSSR count). The van der Waals surface area contributed by atoms with E-state index in [1.807, 2.05) is 52.9 Å². The molecule has 3 aromatic heterocycles. The van der Waals surface area contributed by atoms with Gasteiger partial charge in [0.05, 0.1) is 28.7 Å². The van der Waals surface area contributed by atoms with Crippen LogP contribution in [0.2, 0.25) is 0 Å². The van der Waals surface area contributed by atoms with Crippen LogP contribution in [0.1, 0.15) is 32.1 Å². The Hall–Kier alpha value is -6.29. The number of carbonyl (C=O) groups excluding carboxylic acids is 2. The highest BCUT2D eigenvalue weighted by molar-refractivity contribution is 6.27. The van der Waals surface area contributed by atoms with Crippen LogP contribution >= 0.6 is 0 Å². The second kappa shape index (κ2) is 15.5. The molecule has 1 aliphatic heterocycles. The molecule has 2 aromatic carbocycles. The largest absolute Gasteiger partial charge is 0.473 e. The van der Waals surface area contributed by atoms with Crippen LogP contribution in [0.15, 0.2) is 91.3 Å². The van der Waals surface area contributed by atoms with Crippen LogP contribution in [0.3, 0.4) is 0 Å². The Labute approximate surface area is 288 Å². The summed E-state index contributed by atoms with van der Waals surface area (Å²) < 4.78 is 46.1. The summed E-state index contributed by atoms with van der Waals surface area (Å²) in [6, 6.07) is 20.4. The molecule has 4 heterocycles. The van der Waals surface area contributed by atoms with Gasteiger partial charge in [0, 0.05) is 69.1 Å². The number of aromatic nitrogens is 3. The van der Waals surface area contributed by atoms with E-state index in [0.29, 0.717) is 30.2 Å². The summed E-state index contributed by atoms with van der Waals surface area (Å²) in [6.45, 7) is 3.57. The maximum Gasteiger partial charge on any atom is 0.416 e. The van der Waals surface area contributed by atoms with Crippen molar-refractivity contribution < 1.29 is 47.3 Å². The molecular weight excluding hydrogens is 673 g/mol. The molecule has 13 nitrogen and oxygen atoms in total. The summed E-state index contributed by atoms with van der Waals surface area (Å²) in [5, 5.41) is 18.3. The van der Waals surface area contributed by atoms with Gasteiger partial charge in [0.2, 0.25) is 5.88 Å². The molecule has 0 aliphatic carbocycles. The number of aryl methyl sites for hydroxylation is 1. The first-order valence-electron chi connectivity index (χ1n) is 15.4. The van der Waals surface area contributed by atoms with E-state index in [1.54, 1.807) is 24.4 Å². The number of nitrogens with one attached hydrogen (secondary N) is 1. The molecular formula is C35H31F3N6O7. The maximum absolute atomic E-state index is 13.4. The summed E-state index contributed by atoms with van der Waals surface area (Å²) in [7, 11) is 1.85. The molecule has 0 atom stereocenters. The zero-order valence-corrected chi connectivity index (χ0v) is 27.0. The van der Waals surface area contributed by atoms with Crippen LogP contribution in [-0.2, 0) is 29.4 Å². The molecule has 16 heteroatoms. The van der Waals surface area contributed by atoms with E-state index in [2.05, 4.69) is 20.2 Å². The summed E-state index contributed by atoms with van der Waals surface area (Å²) in [6.07, 6.45) is -1.29. The number of hydrogen-bond acceptors (Lipinski definition) is 8. The van der Waals surface area contributed by atoms with E-state index < -0.39 is 29.6 Å². The fraction of sp³-hybridized carbons (Fsp3) is 0.200. The average Bonchev–Trinajstić information content (AvgIpc) is 3.44. The minimum Gasteiger partial charge on any atom is -0.473 e. The van der Waals surface area contributed by atoms with Crippen molar-refractivity contribution in [2.24, 2.45) is 7.05 Å². The average molecular weight is 705 g/mol.